The van der Waals surface area contributed by atoms with E-state index in [0.717, 1.165) is 26.9 Å². The average molecular weight is 312 g/mol. The molecule has 1 unspecified atom stereocenters. The van der Waals surface area contributed by atoms with Gasteiger partial charge in [0.25, 0.3) is 0 Å². The van der Waals surface area contributed by atoms with E-state index in [4.69, 9.17) is 22.2 Å². The van der Waals surface area contributed by atoms with E-state index in [-0.39, 0.29) is 6.04 Å². The summed E-state index contributed by atoms with van der Waals surface area (Å²) in [7, 11) is 1.65. The number of hydrogen-bond acceptors (Lipinski definition) is 5. The number of halogens is 1. The van der Waals surface area contributed by atoms with Crippen molar-refractivity contribution >= 4 is 22.9 Å². The Morgan fingerprint density at radius 3 is 2.75 bits per heavy atom. The number of ether oxygens (including phenoxy) is 1. The van der Waals surface area contributed by atoms with Crippen LogP contribution >= 0.6 is 22.9 Å². The van der Waals surface area contributed by atoms with Gasteiger partial charge in [-0.2, -0.15) is 0 Å². The summed E-state index contributed by atoms with van der Waals surface area (Å²) in [6, 6.07) is 5.59. The Balaban J connectivity index is 2.31. The number of benzene rings is 1. The molecule has 0 aliphatic carbocycles. The Kier molecular flexibility index (Phi) is 4.99. The average Bonchev–Trinajstić information content (AvgIpc) is 2.75. The lowest BCUT2D eigenvalue weighted by Crippen LogP contribution is -2.29. The zero-order chi connectivity index (χ0) is 14.7. The number of aryl methyl sites for hydroxylation is 2. The zero-order valence-electron chi connectivity index (χ0n) is 11.7. The number of thiazole rings is 1. The van der Waals surface area contributed by atoms with Crippen LogP contribution in [0.4, 0.5) is 0 Å². The molecule has 20 heavy (non-hydrogen) atoms. The van der Waals surface area contributed by atoms with Crippen molar-refractivity contribution in [3.63, 3.8) is 0 Å². The number of rotatable bonds is 5. The van der Waals surface area contributed by atoms with Crippen LogP contribution in [0.1, 0.15) is 27.2 Å². The molecule has 1 aromatic carbocycles. The second kappa shape index (κ2) is 6.54. The fraction of sp³-hybridized carbons (Fsp3) is 0.357. The lowest BCUT2D eigenvalue weighted by molar-refractivity contribution is 0.406. The quantitative estimate of drug-likeness (QED) is 0.658. The molecule has 2 rings (SSSR count). The van der Waals surface area contributed by atoms with E-state index in [0.29, 0.717) is 11.4 Å². The summed E-state index contributed by atoms with van der Waals surface area (Å²) in [5.41, 5.74) is 4.90. The first-order valence-corrected chi connectivity index (χ1v) is 7.47. The topological polar surface area (TPSA) is 60.2 Å². The molecule has 6 heteroatoms. The van der Waals surface area contributed by atoms with Crippen molar-refractivity contribution in [3.05, 3.63) is 44.4 Å². The molecular formula is C14H18ClN3OS. The van der Waals surface area contributed by atoms with Crippen LogP contribution in [0.25, 0.3) is 0 Å². The fourth-order valence-electron chi connectivity index (χ4n) is 2.22. The van der Waals surface area contributed by atoms with Gasteiger partial charge in [-0.1, -0.05) is 11.6 Å². The minimum Gasteiger partial charge on any atom is -0.496 e. The van der Waals surface area contributed by atoms with Gasteiger partial charge >= 0.3 is 0 Å². The van der Waals surface area contributed by atoms with E-state index >= 15 is 0 Å². The first kappa shape index (κ1) is 15.3. The number of nitrogens with zero attached hydrogens (tertiary/aromatic N) is 1. The molecule has 0 radical (unpaired) electrons. The Labute approximate surface area is 127 Å². The van der Waals surface area contributed by atoms with Gasteiger partial charge in [-0.15, -0.1) is 11.3 Å². The first-order chi connectivity index (χ1) is 9.55. The Morgan fingerprint density at radius 2 is 2.20 bits per heavy atom. The molecule has 3 N–H and O–H groups in total. The van der Waals surface area contributed by atoms with E-state index in [1.54, 1.807) is 18.4 Å². The zero-order valence-corrected chi connectivity index (χ0v) is 13.3. The lowest BCUT2D eigenvalue weighted by atomic mass is 10.0. The number of nitrogens with two attached hydrogens (primary N) is 1. The molecule has 1 heterocycles. The van der Waals surface area contributed by atoms with Crippen LogP contribution in [-0.2, 0) is 6.42 Å². The summed E-state index contributed by atoms with van der Waals surface area (Å²) in [4.78, 5) is 5.59. The van der Waals surface area contributed by atoms with Crippen LogP contribution < -0.4 is 16.0 Å². The van der Waals surface area contributed by atoms with Gasteiger partial charge in [0.1, 0.15) is 5.75 Å². The molecule has 108 valence electrons. The lowest BCUT2D eigenvalue weighted by Gasteiger charge is -2.17. The highest BCUT2D eigenvalue weighted by Crippen LogP contribution is 2.31. The van der Waals surface area contributed by atoms with Crippen LogP contribution in [0, 0.1) is 13.8 Å². The van der Waals surface area contributed by atoms with Crippen molar-refractivity contribution in [2.75, 3.05) is 7.11 Å². The summed E-state index contributed by atoms with van der Waals surface area (Å²) >= 11 is 7.72. The van der Waals surface area contributed by atoms with Gasteiger partial charge in [-0.25, -0.2) is 4.98 Å². The maximum Gasteiger partial charge on any atom is 0.122 e. The second-order valence-corrected chi connectivity index (χ2v) is 6.23. The number of methoxy groups -OCH3 is 1. The van der Waals surface area contributed by atoms with Gasteiger partial charge in [0.2, 0.25) is 0 Å². The molecule has 0 saturated carbocycles. The molecule has 0 spiro atoms. The van der Waals surface area contributed by atoms with E-state index in [1.807, 2.05) is 32.0 Å². The second-order valence-electron chi connectivity index (χ2n) is 4.56. The molecule has 0 aliphatic heterocycles. The smallest absolute Gasteiger partial charge is 0.122 e. The molecule has 0 bridgehead atoms. The van der Waals surface area contributed by atoms with E-state index < -0.39 is 0 Å². The third-order valence-corrected chi connectivity index (χ3v) is 4.55. The van der Waals surface area contributed by atoms with Crippen LogP contribution in [-0.4, -0.2) is 12.1 Å². The van der Waals surface area contributed by atoms with E-state index in [1.165, 1.54) is 0 Å². The summed E-state index contributed by atoms with van der Waals surface area (Å²) < 4.78 is 5.38. The molecule has 1 atom stereocenters. The molecule has 0 amide bonds. The SMILES string of the molecule is COc1ccc(Cl)cc1CC(NN)c1sc(C)nc1C. The van der Waals surface area contributed by atoms with E-state index in [9.17, 15) is 0 Å². The highest BCUT2D eigenvalue weighted by atomic mass is 35.5. The summed E-state index contributed by atoms with van der Waals surface area (Å²) in [5, 5.41) is 1.73. The Bertz CT molecular complexity index is 600. The number of hydrazine groups is 1. The monoisotopic (exact) mass is 311 g/mol. The molecular weight excluding hydrogens is 294 g/mol. The third-order valence-electron chi connectivity index (χ3n) is 3.12. The minimum atomic E-state index is -0.00596. The van der Waals surface area contributed by atoms with Crippen LogP contribution in [0.5, 0.6) is 5.75 Å². The maximum atomic E-state index is 6.06. The summed E-state index contributed by atoms with van der Waals surface area (Å²) in [6.07, 6.45) is 0.697. The van der Waals surface area contributed by atoms with Gasteiger partial charge < -0.3 is 4.74 Å². The predicted octanol–water partition coefficient (Wildman–Crippen LogP) is 3.17. The van der Waals surface area contributed by atoms with Gasteiger partial charge in [-0.3, -0.25) is 11.3 Å². The summed E-state index contributed by atoms with van der Waals surface area (Å²) in [6.45, 7) is 3.99. The highest BCUT2D eigenvalue weighted by molar-refractivity contribution is 7.11. The molecule has 0 fully saturated rings. The fourth-order valence-corrected chi connectivity index (χ4v) is 3.41. The molecule has 1 aromatic heterocycles. The third kappa shape index (κ3) is 3.30. The van der Waals surface area contributed by atoms with Crippen molar-refractivity contribution in [1.82, 2.24) is 10.4 Å². The molecule has 0 saturated heterocycles. The van der Waals surface area contributed by atoms with Gasteiger partial charge in [-0.05, 0) is 44.0 Å². The largest absolute Gasteiger partial charge is 0.496 e. The Hall–Kier alpha value is -1.14. The maximum absolute atomic E-state index is 6.06. The van der Waals surface area contributed by atoms with Crippen molar-refractivity contribution < 1.29 is 4.74 Å². The van der Waals surface area contributed by atoms with E-state index in [2.05, 4.69) is 10.4 Å². The normalized spacial score (nSPS) is 12.4. The van der Waals surface area contributed by atoms with Gasteiger partial charge in [0.15, 0.2) is 0 Å². The van der Waals surface area contributed by atoms with Crippen LogP contribution in [0.3, 0.4) is 0 Å². The molecule has 2 aromatic rings. The Morgan fingerprint density at radius 1 is 1.45 bits per heavy atom. The van der Waals surface area contributed by atoms with Crippen molar-refractivity contribution in [2.45, 2.75) is 26.3 Å². The minimum absolute atomic E-state index is 0.00596. The number of aromatic nitrogens is 1. The summed E-state index contributed by atoms with van der Waals surface area (Å²) in [5.74, 6) is 6.53. The standard InChI is InChI=1S/C14H18ClN3OS/c1-8-14(20-9(2)17-8)12(18-16)7-10-6-11(15)4-5-13(10)19-3/h4-6,12,18H,7,16H2,1-3H3. The van der Waals surface area contributed by atoms with Crippen molar-refractivity contribution in [2.24, 2.45) is 5.84 Å². The van der Waals surface area contributed by atoms with Crippen LogP contribution in [0.15, 0.2) is 18.2 Å². The molecule has 0 aliphatic rings. The van der Waals surface area contributed by atoms with Gasteiger partial charge in [0, 0.05) is 9.90 Å². The number of nitrogens with one attached hydrogen (secondary N) is 1. The predicted molar refractivity (Wildman–Crippen MR) is 83.4 cm³/mol. The van der Waals surface area contributed by atoms with Crippen molar-refractivity contribution in [1.29, 1.82) is 0 Å². The number of hydrogen-bond donors (Lipinski definition) is 2. The van der Waals surface area contributed by atoms with Crippen molar-refractivity contribution in [3.8, 4) is 5.75 Å². The first-order valence-electron chi connectivity index (χ1n) is 6.27. The highest BCUT2D eigenvalue weighted by Gasteiger charge is 2.18. The molecule has 4 nitrogen and oxygen atoms in total. The van der Waals surface area contributed by atoms with Gasteiger partial charge in [0.05, 0.1) is 23.9 Å². The van der Waals surface area contributed by atoms with Crippen LogP contribution in [0.2, 0.25) is 5.02 Å².